The van der Waals surface area contributed by atoms with Gasteiger partial charge in [-0.1, -0.05) is 0 Å². The summed E-state index contributed by atoms with van der Waals surface area (Å²) in [6.45, 7) is 2.55. The summed E-state index contributed by atoms with van der Waals surface area (Å²) in [5.41, 5.74) is -0.247. The average molecular weight is 390 g/mol. The molecule has 28 heavy (non-hydrogen) atoms. The lowest BCUT2D eigenvalue weighted by molar-refractivity contribution is -0.144. The number of hydrogen-bond acceptors (Lipinski definition) is 5. The van der Waals surface area contributed by atoms with Gasteiger partial charge in [0.2, 0.25) is 5.91 Å². The maximum Gasteiger partial charge on any atom is 0.334 e. The first kappa shape index (κ1) is 18.9. The van der Waals surface area contributed by atoms with Crippen LogP contribution in [0.1, 0.15) is 52.4 Å². The maximum absolute atomic E-state index is 12.4. The Hall–Kier alpha value is -2.45. The van der Waals surface area contributed by atoms with Crippen LogP contribution in [0.3, 0.4) is 0 Å². The predicted molar refractivity (Wildman–Crippen MR) is 96.7 cm³/mol. The number of carbonyl (C=O) groups excluding carboxylic acids is 5. The molecule has 0 aromatic carbocycles. The summed E-state index contributed by atoms with van der Waals surface area (Å²) in [6, 6.07) is -1.92. The van der Waals surface area contributed by atoms with Crippen LogP contribution in [0.2, 0.25) is 0 Å². The Morgan fingerprint density at radius 2 is 1.54 bits per heavy atom. The maximum atomic E-state index is 12.4. The molecule has 9 heteroatoms. The highest BCUT2D eigenvalue weighted by Crippen LogP contribution is 2.55. The van der Waals surface area contributed by atoms with E-state index in [2.05, 4.69) is 10.6 Å². The fourth-order valence-corrected chi connectivity index (χ4v) is 5.96. The van der Waals surface area contributed by atoms with Crippen molar-refractivity contribution >= 4 is 29.8 Å². The summed E-state index contributed by atoms with van der Waals surface area (Å²) in [5.74, 6) is -0.844. The van der Waals surface area contributed by atoms with Crippen LogP contribution < -0.4 is 10.6 Å². The van der Waals surface area contributed by atoms with E-state index in [4.69, 9.17) is 0 Å². The van der Waals surface area contributed by atoms with E-state index in [-0.39, 0.29) is 5.54 Å². The van der Waals surface area contributed by atoms with Crippen molar-refractivity contribution in [2.24, 2.45) is 17.8 Å². The zero-order valence-corrected chi connectivity index (χ0v) is 16.2. The van der Waals surface area contributed by atoms with Crippen molar-refractivity contribution in [1.82, 2.24) is 20.4 Å². The molecule has 1 aliphatic heterocycles. The number of rotatable bonds is 4. The number of carbonyl (C=O) groups is 5. The molecule has 0 aromatic heterocycles. The van der Waals surface area contributed by atoms with E-state index in [1.807, 2.05) is 0 Å². The third-order valence-electron chi connectivity index (χ3n) is 6.57. The first-order valence-electron chi connectivity index (χ1n) is 9.98. The van der Waals surface area contributed by atoms with Gasteiger partial charge >= 0.3 is 23.9 Å². The molecule has 1 saturated heterocycles. The molecule has 0 atom stereocenters. The van der Waals surface area contributed by atoms with Crippen molar-refractivity contribution in [3.63, 3.8) is 0 Å². The van der Waals surface area contributed by atoms with E-state index in [1.54, 1.807) is 13.8 Å². The van der Waals surface area contributed by atoms with Crippen LogP contribution in [0, 0.1) is 17.8 Å². The third-order valence-corrected chi connectivity index (χ3v) is 6.57. The molecule has 5 aliphatic rings. The van der Waals surface area contributed by atoms with Crippen molar-refractivity contribution in [3.8, 4) is 0 Å². The molecule has 9 nitrogen and oxygen atoms in total. The minimum Gasteiger partial charge on any atom is -0.332 e. The van der Waals surface area contributed by atoms with Gasteiger partial charge in [0.25, 0.3) is 0 Å². The van der Waals surface area contributed by atoms with Crippen LogP contribution >= 0.6 is 0 Å². The quantitative estimate of drug-likeness (QED) is 0.548. The SMILES string of the molecule is CC(C)N1C(=O)C(=O)N(CC(=O)NC(=O)NC23CC4CC(CC(C4)C2)C3)C1=O. The lowest BCUT2D eigenvalue weighted by Crippen LogP contribution is -2.62. The van der Waals surface area contributed by atoms with Crippen LogP contribution in [0.4, 0.5) is 9.59 Å². The van der Waals surface area contributed by atoms with Crippen molar-refractivity contribution in [1.29, 1.82) is 0 Å². The average Bonchev–Trinajstić information content (AvgIpc) is 2.76. The largest absolute Gasteiger partial charge is 0.334 e. The van der Waals surface area contributed by atoms with E-state index >= 15 is 0 Å². The Morgan fingerprint density at radius 3 is 2.00 bits per heavy atom. The molecule has 152 valence electrons. The molecule has 5 rings (SSSR count). The van der Waals surface area contributed by atoms with Crippen molar-refractivity contribution in [2.45, 2.75) is 64.0 Å². The minimum atomic E-state index is -1.05. The second-order valence-electron chi connectivity index (χ2n) is 9.14. The Morgan fingerprint density at radius 1 is 1.00 bits per heavy atom. The molecule has 0 aromatic rings. The first-order chi connectivity index (χ1) is 13.2. The van der Waals surface area contributed by atoms with E-state index < -0.39 is 42.4 Å². The molecule has 0 radical (unpaired) electrons. The van der Waals surface area contributed by atoms with Crippen LogP contribution in [-0.4, -0.2) is 57.7 Å². The second kappa shape index (κ2) is 6.56. The smallest absolute Gasteiger partial charge is 0.332 e. The standard InChI is InChI=1S/C19H26N4O5/c1-10(2)23-16(26)15(25)22(18(23)28)9-14(24)20-17(27)21-19-6-11-3-12(7-19)5-13(4-11)8-19/h10-13H,3-9H2,1-2H3,(H2,20,21,24,27). The van der Waals surface area contributed by atoms with Crippen LogP contribution in [0.5, 0.6) is 0 Å². The Bertz CT molecular complexity index is 726. The zero-order chi connectivity index (χ0) is 20.2. The van der Waals surface area contributed by atoms with E-state index in [0.717, 1.165) is 24.2 Å². The molecular formula is C19H26N4O5. The molecular weight excluding hydrogens is 364 g/mol. The van der Waals surface area contributed by atoms with Gasteiger partial charge in [-0.15, -0.1) is 0 Å². The van der Waals surface area contributed by atoms with Gasteiger partial charge < -0.3 is 5.32 Å². The highest BCUT2D eigenvalue weighted by molar-refractivity contribution is 6.45. The van der Waals surface area contributed by atoms with Gasteiger partial charge in [-0.2, -0.15) is 0 Å². The fraction of sp³-hybridized carbons (Fsp3) is 0.737. The molecule has 4 aliphatic carbocycles. The molecule has 7 amide bonds. The Balaban J connectivity index is 1.34. The highest BCUT2D eigenvalue weighted by Gasteiger charge is 2.52. The van der Waals surface area contributed by atoms with Gasteiger partial charge in [0.15, 0.2) is 0 Å². The minimum absolute atomic E-state index is 0.247. The number of nitrogens with one attached hydrogen (secondary N) is 2. The molecule has 4 bridgehead atoms. The van der Waals surface area contributed by atoms with Gasteiger partial charge in [0.1, 0.15) is 6.54 Å². The van der Waals surface area contributed by atoms with Crippen LogP contribution in [0.15, 0.2) is 0 Å². The third kappa shape index (κ3) is 3.16. The van der Waals surface area contributed by atoms with Crippen LogP contribution in [0.25, 0.3) is 0 Å². The predicted octanol–water partition coefficient (Wildman–Crippen LogP) is 0.980. The number of urea groups is 2. The Kier molecular flexibility index (Phi) is 4.43. The van der Waals surface area contributed by atoms with Gasteiger partial charge in [0, 0.05) is 11.6 Å². The second-order valence-corrected chi connectivity index (χ2v) is 9.14. The number of amides is 7. The monoisotopic (exact) mass is 390 g/mol. The van der Waals surface area contributed by atoms with Crippen molar-refractivity contribution < 1.29 is 24.0 Å². The molecule has 2 N–H and O–H groups in total. The number of imide groups is 3. The first-order valence-corrected chi connectivity index (χ1v) is 9.98. The summed E-state index contributed by atoms with van der Waals surface area (Å²) < 4.78 is 0. The van der Waals surface area contributed by atoms with Gasteiger partial charge in [-0.05, 0) is 70.1 Å². The number of nitrogens with zero attached hydrogens (tertiary/aromatic N) is 2. The summed E-state index contributed by atoms with van der Waals surface area (Å²) in [7, 11) is 0. The number of hydrogen-bond donors (Lipinski definition) is 2. The summed E-state index contributed by atoms with van der Waals surface area (Å²) in [6.07, 6.45) is 6.55. The topological polar surface area (TPSA) is 116 Å². The molecule has 5 fully saturated rings. The van der Waals surface area contributed by atoms with Crippen molar-refractivity contribution in [2.75, 3.05) is 6.54 Å². The van der Waals surface area contributed by atoms with Gasteiger partial charge in [0.05, 0.1) is 0 Å². The van der Waals surface area contributed by atoms with Gasteiger partial charge in [-0.3, -0.25) is 24.6 Å². The zero-order valence-electron chi connectivity index (χ0n) is 16.2. The lowest BCUT2D eigenvalue weighted by atomic mass is 9.53. The molecule has 1 heterocycles. The van der Waals surface area contributed by atoms with E-state index in [1.165, 1.54) is 19.3 Å². The van der Waals surface area contributed by atoms with Gasteiger partial charge in [-0.25, -0.2) is 14.5 Å². The highest BCUT2D eigenvalue weighted by atomic mass is 16.2. The normalized spacial score (nSPS) is 33.8. The van der Waals surface area contributed by atoms with E-state index in [9.17, 15) is 24.0 Å². The summed E-state index contributed by atoms with van der Waals surface area (Å²) in [5, 5.41) is 5.22. The molecule has 0 spiro atoms. The van der Waals surface area contributed by atoms with Crippen molar-refractivity contribution in [3.05, 3.63) is 0 Å². The van der Waals surface area contributed by atoms with Crippen LogP contribution in [-0.2, 0) is 14.4 Å². The Labute approximate surface area is 163 Å². The van der Waals surface area contributed by atoms with E-state index in [0.29, 0.717) is 22.7 Å². The summed E-state index contributed by atoms with van der Waals surface area (Å²) in [4.78, 5) is 62.1. The lowest BCUT2D eigenvalue weighted by Gasteiger charge is -2.56. The summed E-state index contributed by atoms with van der Waals surface area (Å²) >= 11 is 0. The fourth-order valence-electron chi connectivity index (χ4n) is 5.96. The molecule has 4 saturated carbocycles. The molecule has 0 unspecified atom stereocenters.